The zero-order valence-electron chi connectivity index (χ0n) is 14.9. The number of amides is 3. The second-order valence-corrected chi connectivity index (χ2v) is 7.40. The van der Waals surface area contributed by atoms with Crippen molar-refractivity contribution in [3.8, 4) is 0 Å². The van der Waals surface area contributed by atoms with Gasteiger partial charge in [0.25, 0.3) is 0 Å². The number of nitrogens with two attached hydrogens (primary N) is 1. The summed E-state index contributed by atoms with van der Waals surface area (Å²) in [6.45, 7) is 0.496. The second kappa shape index (κ2) is 7.82. The number of carbonyl (C=O) groups is 3. The van der Waals surface area contributed by atoms with Gasteiger partial charge in [0, 0.05) is 25.6 Å². The van der Waals surface area contributed by atoms with Crippen LogP contribution in [0.25, 0.3) is 0 Å². The van der Waals surface area contributed by atoms with Crippen molar-refractivity contribution in [2.45, 2.75) is 18.9 Å². The molecule has 5 atom stereocenters. The summed E-state index contributed by atoms with van der Waals surface area (Å²) in [5, 5.41) is 2.77. The Hall–Kier alpha value is -2.18. The zero-order chi connectivity index (χ0) is 18.3. The van der Waals surface area contributed by atoms with Crippen LogP contribution in [0.1, 0.15) is 24.4 Å². The summed E-state index contributed by atoms with van der Waals surface area (Å²) in [6.07, 6.45) is 5.25. The first-order valence-corrected chi connectivity index (χ1v) is 9.17. The number of hydrogen-bond donors (Lipinski definition) is 2. The van der Waals surface area contributed by atoms with Gasteiger partial charge in [0.05, 0.1) is 11.8 Å². The molecule has 1 heterocycles. The van der Waals surface area contributed by atoms with E-state index >= 15 is 0 Å². The Balaban J connectivity index is 0.00000210. The van der Waals surface area contributed by atoms with Crippen LogP contribution in [-0.4, -0.2) is 35.7 Å². The molecule has 3 amide bonds. The summed E-state index contributed by atoms with van der Waals surface area (Å²) < 4.78 is 0. The van der Waals surface area contributed by atoms with E-state index in [1.807, 2.05) is 30.3 Å². The van der Waals surface area contributed by atoms with Crippen LogP contribution in [0.5, 0.6) is 0 Å². The first kappa shape index (κ1) is 19.6. The summed E-state index contributed by atoms with van der Waals surface area (Å²) >= 11 is 0. The lowest BCUT2D eigenvalue weighted by Gasteiger charge is -2.18. The minimum absolute atomic E-state index is 0. The highest BCUT2D eigenvalue weighted by molar-refractivity contribution is 6.06. The lowest BCUT2D eigenvalue weighted by molar-refractivity contribution is -0.141. The number of fused-ring (bicyclic) bond motifs is 5. The topological polar surface area (TPSA) is 92.5 Å². The minimum Gasteiger partial charge on any atom is -0.354 e. The van der Waals surface area contributed by atoms with Crippen LogP contribution in [-0.2, 0) is 14.4 Å². The Labute approximate surface area is 164 Å². The van der Waals surface area contributed by atoms with Crippen molar-refractivity contribution in [3.63, 3.8) is 0 Å². The smallest absolute Gasteiger partial charge is 0.233 e. The van der Waals surface area contributed by atoms with Gasteiger partial charge in [-0.25, -0.2) is 0 Å². The molecule has 5 unspecified atom stereocenters. The third-order valence-electron chi connectivity index (χ3n) is 5.85. The quantitative estimate of drug-likeness (QED) is 0.568. The van der Waals surface area contributed by atoms with Crippen LogP contribution < -0.4 is 11.1 Å². The van der Waals surface area contributed by atoms with Crippen LogP contribution in [0.4, 0.5) is 0 Å². The van der Waals surface area contributed by atoms with E-state index in [4.69, 9.17) is 5.73 Å². The van der Waals surface area contributed by atoms with Crippen LogP contribution in [0.2, 0.25) is 0 Å². The molecule has 0 radical (unpaired) electrons. The first-order valence-electron chi connectivity index (χ1n) is 9.17. The molecular formula is C20H24ClN3O3. The summed E-state index contributed by atoms with van der Waals surface area (Å²) in [5.74, 6) is -0.268. The monoisotopic (exact) mass is 389 g/mol. The highest BCUT2D eigenvalue weighted by atomic mass is 35.5. The van der Waals surface area contributed by atoms with Crippen molar-refractivity contribution in [1.29, 1.82) is 0 Å². The van der Waals surface area contributed by atoms with Gasteiger partial charge < -0.3 is 11.1 Å². The van der Waals surface area contributed by atoms with Crippen LogP contribution in [0.3, 0.4) is 0 Å². The summed E-state index contributed by atoms with van der Waals surface area (Å²) in [5.41, 5.74) is 6.95. The predicted octanol–water partition coefficient (Wildman–Crippen LogP) is 1.42. The number of hydrogen-bond acceptors (Lipinski definition) is 4. The van der Waals surface area contributed by atoms with Crippen LogP contribution >= 0.6 is 12.4 Å². The molecule has 2 fully saturated rings. The van der Waals surface area contributed by atoms with Gasteiger partial charge in [0.1, 0.15) is 0 Å². The van der Waals surface area contributed by atoms with Crippen molar-refractivity contribution in [2.75, 3.05) is 13.1 Å². The SMILES string of the molecule is Cl.NC(CC(=O)NCCN1C(=O)C2C3C=CC(C3)C2C1=O)c1ccccc1. The molecule has 3 N–H and O–H groups in total. The third kappa shape index (κ3) is 3.51. The van der Waals surface area contributed by atoms with Gasteiger partial charge in [-0.15, -0.1) is 12.4 Å². The fraction of sp³-hybridized carbons (Fsp3) is 0.450. The molecular weight excluding hydrogens is 366 g/mol. The van der Waals surface area contributed by atoms with Crippen LogP contribution in [0.15, 0.2) is 42.5 Å². The van der Waals surface area contributed by atoms with E-state index in [9.17, 15) is 14.4 Å². The Kier molecular flexibility index (Phi) is 5.67. The molecule has 1 aromatic carbocycles. The fourth-order valence-corrected chi connectivity index (χ4v) is 4.58. The van der Waals surface area contributed by atoms with E-state index in [0.717, 1.165) is 12.0 Å². The standard InChI is InChI=1S/C20H23N3O3.ClH/c21-15(12-4-2-1-3-5-12)11-16(24)22-8-9-23-19(25)17-13-6-7-14(10-13)18(17)20(23)26;/h1-7,13-15,17-18H,8-11,21H2,(H,22,24);1H. The summed E-state index contributed by atoms with van der Waals surface area (Å²) in [4.78, 5) is 38.5. The number of nitrogens with zero attached hydrogens (tertiary/aromatic N) is 1. The van der Waals surface area contributed by atoms with Gasteiger partial charge in [0.15, 0.2) is 0 Å². The van der Waals surface area contributed by atoms with Gasteiger partial charge in [-0.2, -0.15) is 0 Å². The molecule has 27 heavy (non-hydrogen) atoms. The number of nitrogens with one attached hydrogen (secondary N) is 1. The van der Waals surface area contributed by atoms with Crippen molar-refractivity contribution in [1.82, 2.24) is 10.2 Å². The van der Waals surface area contributed by atoms with Gasteiger partial charge in [-0.3, -0.25) is 19.3 Å². The maximum atomic E-state index is 12.6. The Bertz CT molecular complexity index is 737. The highest BCUT2D eigenvalue weighted by Crippen LogP contribution is 2.52. The van der Waals surface area contributed by atoms with E-state index in [1.54, 1.807) is 0 Å². The maximum absolute atomic E-state index is 12.6. The molecule has 2 aliphatic carbocycles. The molecule has 0 aromatic heterocycles. The molecule has 1 aromatic rings. The normalized spacial score (nSPS) is 28.9. The molecule has 0 spiro atoms. The lowest BCUT2D eigenvalue weighted by atomic mass is 9.85. The molecule has 1 aliphatic heterocycles. The van der Waals surface area contributed by atoms with E-state index in [0.29, 0.717) is 0 Å². The van der Waals surface area contributed by atoms with Crippen molar-refractivity contribution < 1.29 is 14.4 Å². The lowest BCUT2D eigenvalue weighted by Crippen LogP contribution is -2.40. The number of allylic oxidation sites excluding steroid dienone is 2. The molecule has 6 nitrogen and oxygen atoms in total. The second-order valence-electron chi connectivity index (χ2n) is 7.40. The molecule has 1 saturated carbocycles. The van der Waals surface area contributed by atoms with Gasteiger partial charge in [-0.1, -0.05) is 42.5 Å². The van der Waals surface area contributed by atoms with E-state index < -0.39 is 0 Å². The Morgan fingerprint density at radius 1 is 1.11 bits per heavy atom. The fourth-order valence-electron chi connectivity index (χ4n) is 4.58. The predicted molar refractivity (Wildman–Crippen MR) is 103 cm³/mol. The van der Waals surface area contributed by atoms with Crippen molar-refractivity contribution >= 4 is 30.1 Å². The number of halogens is 1. The largest absolute Gasteiger partial charge is 0.354 e. The third-order valence-corrected chi connectivity index (χ3v) is 5.85. The average Bonchev–Trinajstić information content (AvgIpc) is 3.32. The maximum Gasteiger partial charge on any atom is 0.233 e. The van der Waals surface area contributed by atoms with Crippen LogP contribution in [0, 0.1) is 23.7 Å². The number of imide groups is 1. The van der Waals surface area contributed by atoms with Gasteiger partial charge in [-0.05, 0) is 23.8 Å². The number of rotatable bonds is 6. The van der Waals surface area contributed by atoms with Crippen molar-refractivity contribution in [2.24, 2.45) is 29.4 Å². The van der Waals surface area contributed by atoms with E-state index in [1.165, 1.54) is 4.90 Å². The van der Waals surface area contributed by atoms with E-state index in [-0.39, 0.29) is 79.4 Å². The minimum atomic E-state index is -0.368. The Morgan fingerprint density at radius 2 is 1.70 bits per heavy atom. The molecule has 144 valence electrons. The molecule has 1 saturated heterocycles. The average molecular weight is 390 g/mol. The van der Waals surface area contributed by atoms with Crippen molar-refractivity contribution in [3.05, 3.63) is 48.0 Å². The number of benzene rings is 1. The zero-order valence-corrected chi connectivity index (χ0v) is 15.7. The van der Waals surface area contributed by atoms with Gasteiger partial charge in [0.2, 0.25) is 17.7 Å². The number of likely N-dealkylation sites (tertiary alicyclic amines) is 1. The highest BCUT2D eigenvalue weighted by Gasteiger charge is 2.58. The summed E-state index contributed by atoms with van der Waals surface area (Å²) in [6, 6.07) is 9.08. The first-order chi connectivity index (χ1) is 12.6. The molecule has 4 rings (SSSR count). The Morgan fingerprint density at radius 3 is 2.30 bits per heavy atom. The molecule has 7 heteroatoms. The number of carbonyl (C=O) groups excluding carboxylic acids is 3. The van der Waals surface area contributed by atoms with Gasteiger partial charge >= 0.3 is 0 Å². The summed E-state index contributed by atoms with van der Waals surface area (Å²) in [7, 11) is 0. The molecule has 2 bridgehead atoms. The van der Waals surface area contributed by atoms with E-state index in [2.05, 4.69) is 17.5 Å². The molecule has 3 aliphatic rings.